The maximum Gasteiger partial charge on any atom is 0.405 e. The zero-order chi connectivity index (χ0) is 12.3. The van der Waals surface area contributed by atoms with Crippen molar-refractivity contribution in [2.45, 2.75) is 25.3 Å². The molecule has 0 spiro atoms. The molecule has 6 nitrogen and oxygen atoms in total. The summed E-state index contributed by atoms with van der Waals surface area (Å²) in [6.45, 7) is 3.51. The lowest BCUT2D eigenvalue weighted by atomic mass is 9.90. The summed E-state index contributed by atoms with van der Waals surface area (Å²) in [4.78, 5) is 21.1. The van der Waals surface area contributed by atoms with Gasteiger partial charge in [0.1, 0.15) is 5.82 Å². The number of hydrogen-bond acceptors (Lipinski definition) is 4. The van der Waals surface area contributed by atoms with E-state index in [0.29, 0.717) is 0 Å². The summed E-state index contributed by atoms with van der Waals surface area (Å²) in [5.74, 6) is 0.852. The normalized spacial score (nSPS) is 18.8. The van der Waals surface area contributed by atoms with Crippen molar-refractivity contribution in [2.24, 2.45) is 0 Å². The van der Waals surface area contributed by atoms with Gasteiger partial charge in [-0.3, -0.25) is 4.98 Å². The van der Waals surface area contributed by atoms with Gasteiger partial charge in [0.25, 0.3) is 0 Å². The molecule has 2 rings (SSSR count). The number of nitrogens with one attached hydrogen (secondary N) is 1. The molecule has 1 aromatic rings. The molecule has 6 heteroatoms. The van der Waals surface area contributed by atoms with Crippen LogP contribution in [0.25, 0.3) is 0 Å². The molecule has 1 fully saturated rings. The van der Waals surface area contributed by atoms with Gasteiger partial charge in [0.2, 0.25) is 0 Å². The van der Waals surface area contributed by atoms with Crippen LogP contribution < -0.4 is 10.2 Å². The smallest absolute Gasteiger partial charge is 0.405 e. The zero-order valence-electron chi connectivity index (χ0n) is 9.76. The topological polar surface area (TPSA) is 78.4 Å². The van der Waals surface area contributed by atoms with Crippen molar-refractivity contribution < 1.29 is 9.90 Å². The van der Waals surface area contributed by atoms with E-state index in [-0.39, 0.29) is 5.54 Å². The van der Waals surface area contributed by atoms with Gasteiger partial charge in [-0.25, -0.2) is 9.78 Å². The first-order valence-electron chi connectivity index (χ1n) is 5.61. The first-order valence-corrected chi connectivity index (χ1v) is 5.61. The van der Waals surface area contributed by atoms with Crippen molar-refractivity contribution in [1.82, 2.24) is 15.3 Å². The van der Waals surface area contributed by atoms with E-state index >= 15 is 0 Å². The minimum atomic E-state index is -0.958. The van der Waals surface area contributed by atoms with Gasteiger partial charge >= 0.3 is 6.09 Å². The first-order chi connectivity index (χ1) is 8.09. The lowest BCUT2D eigenvalue weighted by Gasteiger charge is -2.39. The lowest BCUT2D eigenvalue weighted by Crippen LogP contribution is -2.53. The second-order valence-corrected chi connectivity index (χ2v) is 4.54. The first kappa shape index (κ1) is 11.6. The Morgan fingerprint density at radius 1 is 1.47 bits per heavy atom. The van der Waals surface area contributed by atoms with Crippen LogP contribution in [-0.2, 0) is 0 Å². The minimum Gasteiger partial charge on any atom is -0.465 e. The van der Waals surface area contributed by atoms with Gasteiger partial charge in [0.15, 0.2) is 0 Å². The van der Waals surface area contributed by atoms with Crippen LogP contribution >= 0.6 is 0 Å². The van der Waals surface area contributed by atoms with Crippen molar-refractivity contribution in [1.29, 1.82) is 0 Å². The van der Waals surface area contributed by atoms with Crippen LogP contribution in [0.3, 0.4) is 0 Å². The highest BCUT2D eigenvalue weighted by atomic mass is 16.4. The number of anilines is 1. The van der Waals surface area contributed by atoms with Gasteiger partial charge in [-0.15, -0.1) is 0 Å². The Hall–Kier alpha value is -1.85. The lowest BCUT2D eigenvalue weighted by molar-refractivity contribution is 0.173. The van der Waals surface area contributed by atoms with Crippen LogP contribution in [0, 0.1) is 0 Å². The van der Waals surface area contributed by atoms with E-state index in [1.807, 2.05) is 6.92 Å². The van der Waals surface area contributed by atoms with Gasteiger partial charge < -0.3 is 15.3 Å². The highest BCUT2D eigenvalue weighted by Crippen LogP contribution is 2.24. The third-order valence-corrected chi connectivity index (χ3v) is 3.15. The fourth-order valence-electron chi connectivity index (χ4n) is 2.07. The van der Waals surface area contributed by atoms with Gasteiger partial charge in [-0.2, -0.15) is 0 Å². The second kappa shape index (κ2) is 4.57. The summed E-state index contributed by atoms with van der Waals surface area (Å²) in [5.41, 5.74) is -0.329. The average molecular weight is 236 g/mol. The van der Waals surface area contributed by atoms with Crippen molar-refractivity contribution in [3.8, 4) is 0 Å². The maximum absolute atomic E-state index is 10.7. The molecule has 2 heterocycles. The Morgan fingerprint density at radius 3 is 2.71 bits per heavy atom. The summed E-state index contributed by atoms with van der Waals surface area (Å²) < 4.78 is 0. The van der Waals surface area contributed by atoms with Crippen LogP contribution in [0.1, 0.15) is 19.8 Å². The average Bonchev–Trinajstić information content (AvgIpc) is 2.29. The van der Waals surface area contributed by atoms with Crippen LogP contribution in [-0.4, -0.2) is 39.8 Å². The van der Waals surface area contributed by atoms with E-state index in [4.69, 9.17) is 5.11 Å². The third-order valence-electron chi connectivity index (χ3n) is 3.15. The summed E-state index contributed by atoms with van der Waals surface area (Å²) in [7, 11) is 0. The molecule has 1 aliphatic rings. The van der Waals surface area contributed by atoms with Gasteiger partial charge in [-0.1, -0.05) is 0 Å². The Balaban J connectivity index is 1.96. The number of hydrogen-bond donors (Lipinski definition) is 2. The quantitative estimate of drug-likeness (QED) is 0.804. The molecule has 0 saturated carbocycles. The number of nitrogens with zero attached hydrogens (tertiary/aromatic N) is 3. The molecule has 2 N–H and O–H groups in total. The molecule has 0 bridgehead atoms. The molecule has 17 heavy (non-hydrogen) atoms. The van der Waals surface area contributed by atoms with E-state index in [1.54, 1.807) is 18.6 Å². The predicted molar refractivity (Wildman–Crippen MR) is 63.0 cm³/mol. The molecule has 0 unspecified atom stereocenters. The molecule has 92 valence electrons. The van der Waals surface area contributed by atoms with E-state index in [9.17, 15) is 4.79 Å². The highest BCUT2D eigenvalue weighted by Gasteiger charge is 2.31. The van der Waals surface area contributed by atoms with Crippen molar-refractivity contribution in [3.05, 3.63) is 18.6 Å². The Labute approximate surface area is 99.7 Å². The fraction of sp³-hybridized carbons (Fsp3) is 0.545. The van der Waals surface area contributed by atoms with Gasteiger partial charge in [-0.05, 0) is 19.8 Å². The number of piperidine rings is 1. The molecule has 0 aliphatic carbocycles. The van der Waals surface area contributed by atoms with Crippen LogP contribution in [0.4, 0.5) is 10.6 Å². The minimum absolute atomic E-state index is 0.329. The fourth-order valence-corrected chi connectivity index (χ4v) is 2.07. The molecule has 0 radical (unpaired) electrons. The largest absolute Gasteiger partial charge is 0.465 e. The molecular weight excluding hydrogens is 220 g/mol. The van der Waals surface area contributed by atoms with E-state index < -0.39 is 6.09 Å². The van der Waals surface area contributed by atoms with Gasteiger partial charge in [0.05, 0.1) is 6.20 Å². The number of rotatable bonds is 2. The number of carbonyl (C=O) groups is 1. The molecule has 1 aliphatic heterocycles. The number of carboxylic acid groups (broad SMARTS) is 1. The molecular formula is C11H16N4O2. The Kier molecular flexibility index (Phi) is 3.12. The number of amides is 1. The van der Waals surface area contributed by atoms with E-state index in [0.717, 1.165) is 31.7 Å². The monoisotopic (exact) mass is 236 g/mol. The maximum atomic E-state index is 10.7. The summed E-state index contributed by atoms with van der Waals surface area (Å²) in [5, 5.41) is 11.4. The van der Waals surface area contributed by atoms with E-state index in [1.165, 1.54) is 0 Å². The Morgan fingerprint density at radius 2 is 2.18 bits per heavy atom. The van der Waals surface area contributed by atoms with Crippen LogP contribution in [0.2, 0.25) is 0 Å². The highest BCUT2D eigenvalue weighted by molar-refractivity contribution is 5.65. The number of aromatic nitrogens is 2. The van der Waals surface area contributed by atoms with Crippen LogP contribution in [0.5, 0.6) is 0 Å². The summed E-state index contributed by atoms with van der Waals surface area (Å²) >= 11 is 0. The Bertz CT molecular complexity index is 388. The van der Waals surface area contributed by atoms with Crippen molar-refractivity contribution in [3.63, 3.8) is 0 Å². The molecule has 1 aromatic heterocycles. The van der Waals surface area contributed by atoms with Gasteiger partial charge in [0, 0.05) is 31.0 Å². The molecule has 0 aromatic carbocycles. The van der Waals surface area contributed by atoms with Crippen molar-refractivity contribution >= 4 is 11.9 Å². The van der Waals surface area contributed by atoms with Crippen molar-refractivity contribution in [2.75, 3.05) is 18.0 Å². The standard InChI is InChI=1S/C11H16N4O2/c1-11(14-10(16)17)2-6-15(7-3-11)9-8-12-4-5-13-9/h4-5,8,14H,2-3,6-7H2,1H3,(H,16,17). The third kappa shape index (κ3) is 2.83. The molecule has 0 atom stereocenters. The van der Waals surface area contributed by atoms with E-state index in [2.05, 4.69) is 20.2 Å². The predicted octanol–water partition coefficient (Wildman–Crippen LogP) is 1.10. The molecule has 1 amide bonds. The molecule has 1 saturated heterocycles. The zero-order valence-corrected chi connectivity index (χ0v) is 9.76. The van der Waals surface area contributed by atoms with Crippen LogP contribution in [0.15, 0.2) is 18.6 Å². The summed E-state index contributed by atoms with van der Waals surface area (Å²) in [6, 6.07) is 0. The summed E-state index contributed by atoms with van der Waals surface area (Å²) in [6.07, 6.45) is 5.63. The SMILES string of the molecule is CC1(NC(=O)O)CCN(c2cnccn2)CC1. The second-order valence-electron chi connectivity index (χ2n) is 4.54.